The number of unbranched alkanes of at least 4 members (excludes halogenated alkanes) is 1. The van der Waals surface area contributed by atoms with E-state index in [-0.39, 0.29) is 10.8 Å². The number of nitrogens with one attached hydrogen (secondary N) is 1. The fraction of sp³-hybridized carbons (Fsp3) is 0.192. The zero-order valence-electron chi connectivity index (χ0n) is 18.9. The summed E-state index contributed by atoms with van der Waals surface area (Å²) in [6, 6.07) is 21.7. The number of amides is 1. The lowest BCUT2D eigenvalue weighted by molar-refractivity contribution is 0.103. The van der Waals surface area contributed by atoms with Crippen molar-refractivity contribution in [1.29, 1.82) is 0 Å². The Balaban J connectivity index is 1.52. The molecule has 1 amide bonds. The van der Waals surface area contributed by atoms with Crippen molar-refractivity contribution in [2.45, 2.75) is 31.1 Å². The second-order valence-electron chi connectivity index (χ2n) is 8.01. The number of hydrogen-bond acceptors (Lipinski definition) is 4. The Labute approximate surface area is 212 Å². The van der Waals surface area contributed by atoms with Crippen molar-refractivity contribution >= 4 is 64.7 Å². The second kappa shape index (κ2) is 10.3. The maximum absolute atomic E-state index is 13.0. The summed E-state index contributed by atoms with van der Waals surface area (Å²) in [7, 11) is -2.17. The molecule has 0 aliphatic carbocycles. The molecule has 176 valence electrons. The molecule has 4 rings (SSSR count). The third kappa shape index (κ3) is 5.35. The fourth-order valence-electron chi connectivity index (χ4n) is 3.57. The number of sulfonamides is 1. The third-order valence-corrected chi connectivity index (χ3v) is 9.03. The van der Waals surface area contributed by atoms with Gasteiger partial charge in [-0.05, 0) is 84.5 Å². The number of carbonyl (C=O) groups excluding carboxylic acids is 1. The van der Waals surface area contributed by atoms with Gasteiger partial charge >= 0.3 is 0 Å². The monoisotopic (exact) mass is 556 g/mol. The summed E-state index contributed by atoms with van der Waals surface area (Å²) >= 11 is 4.71. The van der Waals surface area contributed by atoms with Crippen LogP contribution in [-0.2, 0) is 16.4 Å². The van der Waals surface area contributed by atoms with E-state index in [1.54, 1.807) is 42.5 Å². The van der Waals surface area contributed by atoms with Crippen molar-refractivity contribution in [3.05, 3.63) is 87.7 Å². The Bertz CT molecular complexity index is 1410. The topological polar surface area (TPSA) is 66.5 Å². The molecular formula is C26H25BrN2O3S2. The first kappa shape index (κ1) is 24.4. The van der Waals surface area contributed by atoms with Crippen molar-refractivity contribution in [3.63, 3.8) is 0 Å². The molecule has 0 saturated heterocycles. The number of nitrogens with zero attached hydrogens (tertiary/aromatic N) is 1. The molecular weight excluding hydrogens is 532 g/mol. The van der Waals surface area contributed by atoms with Crippen LogP contribution in [-0.4, -0.2) is 21.4 Å². The Morgan fingerprint density at radius 1 is 1.00 bits per heavy atom. The van der Waals surface area contributed by atoms with Gasteiger partial charge in [-0.15, -0.1) is 11.3 Å². The van der Waals surface area contributed by atoms with Crippen molar-refractivity contribution < 1.29 is 13.2 Å². The maximum atomic E-state index is 13.0. The molecule has 0 unspecified atom stereocenters. The van der Waals surface area contributed by atoms with Crippen LogP contribution in [0.25, 0.3) is 10.1 Å². The van der Waals surface area contributed by atoms with Gasteiger partial charge in [-0.3, -0.25) is 9.10 Å². The number of hydrogen-bond donors (Lipinski definition) is 1. The molecule has 0 spiro atoms. The zero-order chi connectivity index (χ0) is 24.3. The van der Waals surface area contributed by atoms with Crippen molar-refractivity contribution in [3.8, 4) is 0 Å². The van der Waals surface area contributed by atoms with E-state index in [4.69, 9.17) is 0 Å². The summed E-state index contributed by atoms with van der Waals surface area (Å²) in [5.74, 6) is -0.181. The van der Waals surface area contributed by atoms with Crippen LogP contribution in [0.1, 0.15) is 35.0 Å². The lowest BCUT2D eigenvalue weighted by atomic mass is 10.1. The van der Waals surface area contributed by atoms with E-state index in [2.05, 4.69) is 28.2 Å². The fourth-order valence-corrected chi connectivity index (χ4v) is 5.96. The van der Waals surface area contributed by atoms with E-state index >= 15 is 0 Å². The summed E-state index contributed by atoms with van der Waals surface area (Å²) in [4.78, 5) is 13.6. The molecule has 3 aromatic carbocycles. The number of halogens is 1. The van der Waals surface area contributed by atoms with E-state index < -0.39 is 10.0 Å². The first-order valence-corrected chi connectivity index (χ1v) is 14.0. The smallest absolute Gasteiger partial charge is 0.265 e. The number of anilines is 2. The van der Waals surface area contributed by atoms with Gasteiger partial charge in [0, 0.05) is 21.9 Å². The normalized spacial score (nSPS) is 11.5. The van der Waals surface area contributed by atoms with Crippen LogP contribution < -0.4 is 9.62 Å². The molecule has 0 bridgehead atoms. The number of rotatable bonds is 8. The minimum absolute atomic E-state index is 0.181. The lowest BCUT2D eigenvalue weighted by Crippen LogP contribution is -2.26. The van der Waals surface area contributed by atoms with E-state index in [0.717, 1.165) is 39.5 Å². The molecule has 0 aliphatic heterocycles. The highest BCUT2D eigenvalue weighted by Gasteiger charge is 2.22. The van der Waals surface area contributed by atoms with Gasteiger partial charge in [-0.2, -0.15) is 0 Å². The van der Waals surface area contributed by atoms with Crippen molar-refractivity contribution in [2.24, 2.45) is 0 Å². The van der Waals surface area contributed by atoms with Crippen LogP contribution in [0.15, 0.2) is 82.2 Å². The van der Waals surface area contributed by atoms with Crippen LogP contribution in [0, 0.1) is 0 Å². The summed E-state index contributed by atoms with van der Waals surface area (Å²) in [5.41, 5.74) is 2.54. The Morgan fingerprint density at radius 3 is 2.38 bits per heavy atom. The van der Waals surface area contributed by atoms with Gasteiger partial charge in [-0.25, -0.2) is 8.42 Å². The van der Waals surface area contributed by atoms with E-state index in [0.29, 0.717) is 10.6 Å². The van der Waals surface area contributed by atoms with Crippen molar-refractivity contribution in [1.82, 2.24) is 0 Å². The first-order chi connectivity index (χ1) is 16.3. The molecule has 4 aromatic rings. The second-order valence-corrected chi connectivity index (χ2v) is 12.0. The molecule has 0 atom stereocenters. The van der Waals surface area contributed by atoms with Crippen LogP contribution >= 0.6 is 27.3 Å². The summed E-state index contributed by atoms with van der Waals surface area (Å²) in [5, 5.41) is 3.77. The van der Waals surface area contributed by atoms with Crippen LogP contribution in [0.4, 0.5) is 11.4 Å². The Kier molecular flexibility index (Phi) is 7.40. The molecule has 34 heavy (non-hydrogen) atoms. The molecule has 0 radical (unpaired) electrons. The number of thiophene rings is 1. The first-order valence-electron chi connectivity index (χ1n) is 11.0. The largest absolute Gasteiger partial charge is 0.321 e. The van der Waals surface area contributed by atoms with Gasteiger partial charge in [0.15, 0.2) is 0 Å². The van der Waals surface area contributed by atoms with Crippen LogP contribution in [0.3, 0.4) is 0 Å². The highest BCUT2D eigenvalue weighted by Crippen LogP contribution is 2.32. The lowest BCUT2D eigenvalue weighted by Gasteiger charge is -2.19. The zero-order valence-corrected chi connectivity index (χ0v) is 22.1. The van der Waals surface area contributed by atoms with Crippen LogP contribution in [0.2, 0.25) is 0 Å². The number of aryl methyl sites for hydroxylation is 1. The number of carbonyl (C=O) groups is 1. The highest BCUT2D eigenvalue weighted by molar-refractivity contribution is 9.10. The number of fused-ring (bicyclic) bond motifs is 1. The minimum Gasteiger partial charge on any atom is -0.321 e. The van der Waals surface area contributed by atoms with E-state index in [9.17, 15) is 13.2 Å². The van der Waals surface area contributed by atoms with Gasteiger partial charge < -0.3 is 5.32 Å². The predicted octanol–water partition coefficient (Wildman–Crippen LogP) is 7.08. The average Bonchev–Trinajstić information content (AvgIpc) is 3.27. The summed E-state index contributed by atoms with van der Waals surface area (Å²) in [6.07, 6.45) is 3.34. The summed E-state index contributed by atoms with van der Waals surface area (Å²) < 4.78 is 29.0. The predicted molar refractivity (Wildman–Crippen MR) is 145 cm³/mol. The third-order valence-electron chi connectivity index (χ3n) is 5.59. The molecule has 0 fully saturated rings. The molecule has 8 heteroatoms. The molecule has 0 aliphatic rings. The van der Waals surface area contributed by atoms with Crippen molar-refractivity contribution in [2.75, 3.05) is 16.7 Å². The highest BCUT2D eigenvalue weighted by atomic mass is 79.9. The van der Waals surface area contributed by atoms with Gasteiger partial charge in [0.05, 0.1) is 15.5 Å². The maximum Gasteiger partial charge on any atom is 0.265 e. The molecule has 5 nitrogen and oxygen atoms in total. The Hall–Kier alpha value is -2.68. The van der Waals surface area contributed by atoms with Crippen LogP contribution in [0.5, 0.6) is 0 Å². The van der Waals surface area contributed by atoms with Gasteiger partial charge in [0.1, 0.15) is 0 Å². The van der Waals surface area contributed by atoms with Gasteiger partial charge in [-0.1, -0.05) is 41.4 Å². The molecule has 1 heterocycles. The summed E-state index contributed by atoms with van der Waals surface area (Å²) in [6.45, 7) is 2.17. The standard InChI is InChI=1S/C26H25BrN2O3S2/c1-3-4-5-18-6-10-21(11-7-18)28-26(30)25-17-19-16-22(12-15-24(19)33-25)29(2)34(31,32)23-13-8-20(27)9-14-23/h6-17H,3-5H2,1-2H3,(H,28,30). The molecule has 1 aromatic heterocycles. The SMILES string of the molecule is CCCCc1ccc(NC(=O)c2cc3cc(N(C)S(=O)(=O)c4ccc(Br)cc4)ccc3s2)cc1. The van der Waals surface area contributed by atoms with E-state index in [1.165, 1.54) is 28.3 Å². The molecule has 0 saturated carbocycles. The molecule has 1 N–H and O–H groups in total. The quantitative estimate of drug-likeness (QED) is 0.252. The van der Waals surface area contributed by atoms with E-state index in [1.807, 2.05) is 30.3 Å². The van der Waals surface area contributed by atoms with Gasteiger partial charge in [0.25, 0.3) is 15.9 Å². The number of benzene rings is 3. The van der Waals surface area contributed by atoms with Gasteiger partial charge in [0.2, 0.25) is 0 Å². The Morgan fingerprint density at radius 2 is 1.71 bits per heavy atom. The minimum atomic E-state index is -3.70. The average molecular weight is 558 g/mol.